The van der Waals surface area contributed by atoms with E-state index in [4.69, 9.17) is 0 Å². The molecule has 0 spiro atoms. The Balaban J connectivity index is 1.75. The average Bonchev–Trinajstić information content (AvgIpc) is 2.45. The first-order chi connectivity index (χ1) is 8.88. The molecule has 0 unspecified atom stereocenters. The van der Waals surface area contributed by atoms with Gasteiger partial charge in [-0.15, -0.1) is 0 Å². The van der Waals surface area contributed by atoms with Crippen molar-refractivity contribution in [1.82, 2.24) is 10.2 Å². The van der Waals surface area contributed by atoms with Crippen LogP contribution in [0.1, 0.15) is 38.2 Å². The van der Waals surface area contributed by atoms with Gasteiger partial charge in [-0.2, -0.15) is 0 Å². The van der Waals surface area contributed by atoms with Gasteiger partial charge in [0.05, 0.1) is 0 Å². The Morgan fingerprint density at radius 1 is 1.22 bits per heavy atom. The van der Waals surface area contributed by atoms with Crippen LogP contribution in [0.3, 0.4) is 0 Å². The smallest absolute Gasteiger partial charge is 0.0233 e. The molecule has 1 aliphatic rings. The van der Waals surface area contributed by atoms with Crippen LogP contribution in [-0.2, 0) is 6.54 Å². The zero-order valence-electron chi connectivity index (χ0n) is 11.6. The Morgan fingerprint density at radius 3 is 2.72 bits per heavy atom. The van der Waals surface area contributed by atoms with E-state index in [1.165, 1.54) is 44.3 Å². The van der Waals surface area contributed by atoms with Gasteiger partial charge in [0.25, 0.3) is 0 Å². The molecule has 1 atom stereocenters. The molecule has 0 radical (unpaired) electrons. The van der Waals surface area contributed by atoms with E-state index in [0.717, 1.165) is 19.1 Å². The summed E-state index contributed by atoms with van der Waals surface area (Å²) in [6.45, 7) is 6.92. The third kappa shape index (κ3) is 4.43. The second-order valence-electron chi connectivity index (χ2n) is 5.29. The highest BCUT2D eigenvalue weighted by atomic mass is 15.1. The molecule has 2 rings (SSSR count). The van der Waals surface area contributed by atoms with E-state index >= 15 is 0 Å². The van der Waals surface area contributed by atoms with Crippen molar-refractivity contribution in [2.45, 2.75) is 45.2 Å². The normalized spacial score (nSPS) is 20.2. The Hall–Kier alpha value is -0.860. The van der Waals surface area contributed by atoms with Gasteiger partial charge in [0.1, 0.15) is 0 Å². The van der Waals surface area contributed by atoms with Crippen molar-refractivity contribution in [3.8, 4) is 0 Å². The van der Waals surface area contributed by atoms with Gasteiger partial charge in [0.2, 0.25) is 0 Å². The van der Waals surface area contributed by atoms with Crippen molar-refractivity contribution >= 4 is 0 Å². The lowest BCUT2D eigenvalue weighted by atomic mass is 10.0. The largest absolute Gasteiger partial charge is 0.314 e. The van der Waals surface area contributed by atoms with E-state index in [1.54, 1.807) is 0 Å². The molecule has 0 aromatic heterocycles. The monoisotopic (exact) mass is 246 g/mol. The topological polar surface area (TPSA) is 15.3 Å². The van der Waals surface area contributed by atoms with Crippen molar-refractivity contribution < 1.29 is 0 Å². The zero-order valence-corrected chi connectivity index (χ0v) is 11.6. The predicted octanol–water partition coefficient (Wildman–Crippen LogP) is 3.04. The minimum atomic E-state index is 0.753. The van der Waals surface area contributed by atoms with Gasteiger partial charge in [-0.05, 0) is 44.5 Å². The highest BCUT2D eigenvalue weighted by molar-refractivity contribution is 5.14. The number of piperidine rings is 1. The summed E-state index contributed by atoms with van der Waals surface area (Å²) in [4.78, 5) is 2.55. The Bertz CT molecular complexity index is 317. The van der Waals surface area contributed by atoms with E-state index in [-0.39, 0.29) is 0 Å². The average molecular weight is 246 g/mol. The molecule has 1 N–H and O–H groups in total. The van der Waals surface area contributed by atoms with Crippen LogP contribution in [0.4, 0.5) is 0 Å². The van der Waals surface area contributed by atoms with E-state index in [9.17, 15) is 0 Å². The minimum absolute atomic E-state index is 0.753. The zero-order chi connectivity index (χ0) is 12.6. The summed E-state index contributed by atoms with van der Waals surface area (Å²) >= 11 is 0. The van der Waals surface area contributed by atoms with Crippen LogP contribution in [0.15, 0.2) is 30.3 Å². The summed E-state index contributed by atoms with van der Waals surface area (Å²) in [7, 11) is 0. The molecule has 0 bridgehead atoms. The molecule has 1 heterocycles. The SMILES string of the molecule is CCN(CC[C@@H]1CCCCN1)Cc1ccccc1. The summed E-state index contributed by atoms with van der Waals surface area (Å²) in [6, 6.07) is 11.6. The standard InChI is InChI=1S/C16H26N2/c1-2-18(14-15-8-4-3-5-9-15)13-11-16-10-6-7-12-17-16/h3-5,8-9,16-17H,2,6-7,10-14H2,1H3/t16-/m0/s1. The maximum atomic E-state index is 3.64. The van der Waals surface area contributed by atoms with Crippen LogP contribution in [0.5, 0.6) is 0 Å². The van der Waals surface area contributed by atoms with Crippen LogP contribution in [0.2, 0.25) is 0 Å². The molecule has 100 valence electrons. The third-order valence-corrected chi connectivity index (χ3v) is 3.90. The van der Waals surface area contributed by atoms with Crippen molar-refractivity contribution in [2.24, 2.45) is 0 Å². The lowest BCUT2D eigenvalue weighted by Gasteiger charge is -2.27. The van der Waals surface area contributed by atoms with Crippen molar-refractivity contribution in [3.05, 3.63) is 35.9 Å². The van der Waals surface area contributed by atoms with Crippen LogP contribution in [-0.4, -0.2) is 30.6 Å². The quantitative estimate of drug-likeness (QED) is 0.830. The second kappa shape index (κ2) is 7.55. The first-order valence-electron chi connectivity index (χ1n) is 7.38. The van der Waals surface area contributed by atoms with E-state index in [2.05, 4.69) is 47.5 Å². The van der Waals surface area contributed by atoms with Gasteiger partial charge in [-0.1, -0.05) is 43.7 Å². The molecule has 2 heteroatoms. The number of hydrogen-bond acceptors (Lipinski definition) is 2. The molecule has 0 aliphatic carbocycles. The second-order valence-corrected chi connectivity index (χ2v) is 5.29. The number of benzene rings is 1. The van der Waals surface area contributed by atoms with Crippen LogP contribution in [0.25, 0.3) is 0 Å². The summed E-state index contributed by atoms with van der Waals surface area (Å²) in [6.07, 6.45) is 5.42. The Morgan fingerprint density at radius 2 is 2.06 bits per heavy atom. The molecule has 2 nitrogen and oxygen atoms in total. The molecular formula is C16H26N2. The van der Waals surface area contributed by atoms with Crippen molar-refractivity contribution in [2.75, 3.05) is 19.6 Å². The van der Waals surface area contributed by atoms with Gasteiger partial charge in [0.15, 0.2) is 0 Å². The van der Waals surface area contributed by atoms with E-state index < -0.39 is 0 Å². The fourth-order valence-electron chi connectivity index (χ4n) is 2.70. The molecule has 1 saturated heterocycles. The van der Waals surface area contributed by atoms with E-state index in [0.29, 0.717) is 0 Å². The van der Waals surface area contributed by atoms with Gasteiger partial charge in [0, 0.05) is 12.6 Å². The van der Waals surface area contributed by atoms with Gasteiger partial charge < -0.3 is 5.32 Å². The molecule has 0 saturated carbocycles. The maximum Gasteiger partial charge on any atom is 0.0233 e. The first kappa shape index (κ1) is 13.6. The fourth-order valence-corrected chi connectivity index (χ4v) is 2.70. The lowest BCUT2D eigenvalue weighted by Crippen LogP contribution is -2.37. The Kier molecular flexibility index (Phi) is 5.69. The van der Waals surface area contributed by atoms with Gasteiger partial charge >= 0.3 is 0 Å². The first-order valence-corrected chi connectivity index (χ1v) is 7.38. The maximum absolute atomic E-state index is 3.64. The third-order valence-electron chi connectivity index (χ3n) is 3.90. The number of nitrogens with one attached hydrogen (secondary N) is 1. The summed E-state index contributed by atoms with van der Waals surface area (Å²) in [5.41, 5.74) is 1.43. The van der Waals surface area contributed by atoms with Crippen molar-refractivity contribution in [3.63, 3.8) is 0 Å². The molecular weight excluding hydrogens is 220 g/mol. The molecule has 1 fully saturated rings. The van der Waals surface area contributed by atoms with E-state index in [1.807, 2.05) is 0 Å². The van der Waals surface area contributed by atoms with Crippen molar-refractivity contribution in [1.29, 1.82) is 0 Å². The van der Waals surface area contributed by atoms with Gasteiger partial charge in [-0.25, -0.2) is 0 Å². The van der Waals surface area contributed by atoms with Crippen LogP contribution in [0, 0.1) is 0 Å². The number of hydrogen-bond donors (Lipinski definition) is 1. The molecule has 1 aliphatic heterocycles. The molecule has 0 amide bonds. The minimum Gasteiger partial charge on any atom is -0.314 e. The van der Waals surface area contributed by atoms with Crippen LogP contribution >= 0.6 is 0 Å². The lowest BCUT2D eigenvalue weighted by molar-refractivity contribution is 0.249. The highest BCUT2D eigenvalue weighted by Crippen LogP contribution is 2.12. The summed E-state index contributed by atoms with van der Waals surface area (Å²) < 4.78 is 0. The molecule has 1 aromatic rings. The molecule has 1 aromatic carbocycles. The Labute approximate surface area is 111 Å². The highest BCUT2D eigenvalue weighted by Gasteiger charge is 2.13. The van der Waals surface area contributed by atoms with Gasteiger partial charge in [-0.3, -0.25) is 4.90 Å². The fraction of sp³-hybridized carbons (Fsp3) is 0.625. The predicted molar refractivity (Wildman–Crippen MR) is 77.7 cm³/mol. The number of rotatable bonds is 6. The summed E-state index contributed by atoms with van der Waals surface area (Å²) in [5.74, 6) is 0. The van der Waals surface area contributed by atoms with Crippen LogP contribution < -0.4 is 5.32 Å². The summed E-state index contributed by atoms with van der Waals surface area (Å²) in [5, 5.41) is 3.64. The molecule has 18 heavy (non-hydrogen) atoms. The number of nitrogens with zero attached hydrogens (tertiary/aromatic N) is 1.